The van der Waals surface area contributed by atoms with Crippen molar-refractivity contribution in [3.8, 4) is 0 Å². The molecule has 3 rings (SSSR count). The van der Waals surface area contributed by atoms with Gasteiger partial charge in [-0.25, -0.2) is 4.79 Å². The molecule has 0 spiro atoms. The highest BCUT2D eigenvalue weighted by Gasteiger charge is 2.38. The van der Waals surface area contributed by atoms with Crippen LogP contribution in [-0.2, 0) is 22.2 Å². The summed E-state index contributed by atoms with van der Waals surface area (Å²) in [6.07, 6.45) is -0.0900. The van der Waals surface area contributed by atoms with E-state index in [1.165, 1.54) is 11.1 Å². The van der Waals surface area contributed by atoms with Gasteiger partial charge in [0.25, 0.3) is 0 Å². The van der Waals surface area contributed by atoms with Crippen LogP contribution in [0.3, 0.4) is 0 Å². The van der Waals surface area contributed by atoms with E-state index in [1.807, 2.05) is 37.3 Å². The summed E-state index contributed by atoms with van der Waals surface area (Å²) in [6, 6.07) is 13.7. The summed E-state index contributed by atoms with van der Waals surface area (Å²) in [4.78, 5) is 11.9. The number of benzene rings is 2. The van der Waals surface area contributed by atoms with Gasteiger partial charge in [-0.2, -0.15) is 0 Å². The van der Waals surface area contributed by atoms with Crippen LogP contribution in [0.1, 0.15) is 80.9 Å². The molecule has 5 heteroatoms. The van der Waals surface area contributed by atoms with Gasteiger partial charge < -0.3 is 20.3 Å². The predicted molar refractivity (Wildman–Crippen MR) is 127 cm³/mol. The summed E-state index contributed by atoms with van der Waals surface area (Å²) in [5.41, 5.74) is 5.36. The Morgan fingerprint density at radius 2 is 1.62 bits per heavy atom. The first-order valence-electron chi connectivity index (χ1n) is 11.5. The summed E-state index contributed by atoms with van der Waals surface area (Å²) in [5, 5.41) is 24.2. The first kappa shape index (κ1) is 24.3. The van der Waals surface area contributed by atoms with Gasteiger partial charge in [0.15, 0.2) is 0 Å². The fourth-order valence-corrected chi connectivity index (χ4v) is 4.52. The largest absolute Gasteiger partial charge is 0.445 e. The third-order valence-corrected chi connectivity index (χ3v) is 6.84. The number of aliphatic hydroxyl groups is 2. The van der Waals surface area contributed by atoms with Crippen LogP contribution >= 0.6 is 0 Å². The van der Waals surface area contributed by atoms with E-state index in [1.54, 1.807) is 0 Å². The Labute approximate surface area is 191 Å². The maximum Gasteiger partial charge on any atom is 0.407 e. The lowest BCUT2D eigenvalue weighted by atomic mass is 9.62. The van der Waals surface area contributed by atoms with Gasteiger partial charge in [-0.1, -0.05) is 70.2 Å². The lowest BCUT2D eigenvalue weighted by Gasteiger charge is -2.42. The van der Waals surface area contributed by atoms with E-state index in [2.05, 4.69) is 45.1 Å². The Balaban J connectivity index is 1.60. The number of carbonyl (C=O) groups is 1. The molecule has 0 saturated heterocycles. The number of hydrogen-bond acceptors (Lipinski definition) is 4. The van der Waals surface area contributed by atoms with Crippen molar-refractivity contribution >= 4 is 6.09 Å². The molecule has 0 saturated carbocycles. The highest BCUT2D eigenvalue weighted by atomic mass is 16.5. The second-order valence-corrected chi connectivity index (χ2v) is 10.3. The molecule has 0 fully saturated rings. The van der Waals surface area contributed by atoms with Crippen LogP contribution in [0.4, 0.5) is 4.79 Å². The molecule has 1 amide bonds. The molecule has 3 N–H and O–H groups in total. The molecule has 0 radical (unpaired) electrons. The summed E-state index contributed by atoms with van der Waals surface area (Å²) in [5.74, 6) is 0. The summed E-state index contributed by atoms with van der Waals surface area (Å²) < 4.78 is 5.18. The molecule has 0 bridgehead atoms. The normalized spacial score (nSPS) is 18.3. The van der Waals surface area contributed by atoms with Gasteiger partial charge in [-0.15, -0.1) is 0 Å². The predicted octanol–water partition coefficient (Wildman–Crippen LogP) is 5.05. The molecule has 0 aliphatic heterocycles. The first-order chi connectivity index (χ1) is 15.0. The van der Waals surface area contributed by atoms with Crippen LogP contribution in [0.2, 0.25) is 0 Å². The van der Waals surface area contributed by atoms with Crippen molar-refractivity contribution in [1.82, 2.24) is 5.32 Å². The molecular formula is C27H37NO4. The fourth-order valence-electron chi connectivity index (χ4n) is 4.52. The molecule has 2 aromatic rings. The van der Waals surface area contributed by atoms with Crippen LogP contribution in [0.5, 0.6) is 0 Å². The number of aliphatic hydroxyl groups excluding tert-OH is 2. The minimum Gasteiger partial charge on any atom is -0.445 e. The summed E-state index contributed by atoms with van der Waals surface area (Å²) in [7, 11) is 0. The van der Waals surface area contributed by atoms with Gasteiger partial charge in [0, 0.05) is 6.54 Å². The quantitative estimate of drug-likeness (QED) is 0.564. The zero-order valence-electron chi connectivity index (χ0n) is 19.9. The average Bonchev–Trinajstić information content (AvgIpc) is 2.75. The molecule has 1 aliphatic rings. The summed E-state index contributed by atoms with van der Waals surface area (Å²) >= 11 is 0. The van der Waals surface area contributed by atoms with Crippen molar-refractivity contribution < 1.29 is 19.7 Å². The zero-order valence-corrected chi connectivity index (χ0v) is 19.9. The number of alkyl carbamates (subject to hydrolysis) is 1. The van der Waals surface area contributed by atoms with Gasteiger partial charge in [0.2, 0.25) is 0 Å². The number of nitrogens with one attached hydrogen (secondary N) is 1. The fraction of sp³-hybridized carbons (Fsp3) is 0.519. The molecule has 174 valence electrons. The molecule has 32 heavy (non-hydrogen) atoms. The topological polar surface area (TPSA) is 78.8 Å². The number of ether oxygens (including phenoxy) is 1. The number of amides is 1. The van der Waals surface area contributed by atoms with Crippen molar-refractivity contribution in [1.29, 1.82) is 0 Å². The third kappa shape index (κ3) is 5.51. The number of rotatable bonds is 7. The zero-order chi connectivity index (χ0) is 23.5. The van der Waals surface area contributed by atoms with Gasteiger partial charge in [0.05, 0.1) is 6.10 Å². The van der Waals surface area contributed by atoms with Crippen molar-refractivity contribution in [2.45, 2.75) is 83.5 Å². The monoisotopic (exact) mass is 439 g/mol. The van der Waals surface area contributed by atoms with Crippen LogP contribution < -0.4 is 5.32 Å². The van der Waals surface area contributed by atoms with Gasteiger partial charge in [-0.05, 0) is 64.8 Å². The number of carbonyl (C=O) groups excluding carboxylic acids is 1. The highest BCUT2D eigenvalue weighted by molar-refractivity contribution is 5.67. The van der Waals surface area contributed by atoms with Crippen molar-refractivity contribution in [3.63, 3.8) is 0 Å². The standard InChI is InChI=1S/C27H37NO4/c1-18-15-21-22(27(4,5)13-12-26(21,2)3)16-20(18)24(30)23(29)11-14-28-25(31)32-17-19-9-7-6-8-10-19/h6-10,15-16,23-24,29-30H,11-14,17H2,1-5H3,(H,28,31). The van der Waals surface area contributed by atoms with E-state index < -0.39 is 18.3 Å². The highest BCUT2D eigenvalue weighted by Crippen LogP contribution is 2.47. The van der Waals surface area contributed by atoms with E-state index in [4.69, 9.17) is 4.74 Å². The average molecular weight is 440 g/mol. The van der Waals surface area contributed by atoms with Crippen LogP contribution in [-0.4, -0.2) is 29.0 Å². The number of fused-ring (bicyclic) bond motifs is 1. The Morgan fingerprint density at radius 1 is 1.03 bits per heavy atom. The Morgan fingerprint density at radius 3 is 2.25 bits per heavy atom. The first-order valence-corrected chi connectivity index (χ1v) is 11.5. The Hall–Kier alpha value is -2.37. The van der Waals surface area contributed by atoms with E-state index >= 15 is 0 Å². The number of hydrogen-bond donors (Lipinski definition) is 3. The van der Waals surface area contributed by atoms with Crippen LogP contribution in [0.25, 0.3) is 0 Å². The maximum absolute atomic E-state index is 11.9. The van der Waals surface area contributed by atoms with E-state index in [0.29, 0.717) is 0 Å². The van der Waals surface area contributed by atoms with Gasteiger partial charge in [-0.3, -0.25) is 0 Å². The lowest BCUT2D eigenvalue weighted by Crippen LogP contribution is -2.35. The molecule has 0 aromatic heterocycles. The van der Waals surface area contributed by atoms with E-state index in [-0.39, 0.29) is 30.4 Å². The maximum atomic E-state index is 11.9. The van der Waals surface area contributed by atoms with Crippen LogP contribution in [0, 0.1) is 6.92 Å². The van der Waals surface area contributed by atoms with Crippen molar-refractivity contribution in [3.05, 3.63) is 70.3 Å². The number of aryl methyl sites for hydroxylation is 1. The van der Waals surface area contributed by atoms with E-state index in [0.717, 1.165) is 29.5 Å². The molecule has 0 heterocycles. The Bertz CT molecular complexity index is 936. The smallest absolute Gasteiger partial charge is 0.407 e. The van der Waals surface area contributed by atoms with Crippen molar-refractivity contribution in [2.75, 3.05) is 6.54 Å². The molecule has 2 atom stereocenters. The Kier molecular flexibility index (Phi) is 7.31. The lowest BCUT2D eigenvalue weighted by molar-refractivity contribution is 0.0131. The SMILES string of the molecule is Cc1cc2c(cc1C(O)C(O)CCNC(=O)OCc1ccccc1)C(C)(C)CCC2(C)C. The summed E-state index contributed by atoms with van der Waals surface area (Å²) in [6.45, 7) is 11.4. The second kappa shape index (κ2) is 9.63. The van der Waals surface area contributed by atoms with Crippen LogP contribution in [0.15, 0.2) is 42.5 Å². The molecule has 5 nitrogen and oxygen atoms in total. The third-order valence-electron chi connectivity index (χ3n) is 6.84. The van der Waals surface area contributed by atoms with Gasteiger partial charge in [0.1, 0.15) is 12.7 Å². The minimum absolute atomic E-state index is 0.0298. The molecular weight excluding hydrogens is 402 g/mol. The second-order valence-electron chi connectivity index (χ2n) is 10.3. The van der Waals surface area contributed by atoms with E-state index in [9.17, 15) is 15.0 Å². The minimum atomic E-state index is -1.01. The molecule has 2 unspecified atom stereocenters. The van der Waals surface area contributed by atoms with Crippen molar-refractivity contribution in [2.24, 2.45) is 0 Å². The molecule has 2 aromatic carbocycles. The molecule has 1 aliphatic carbocycles. The van der Waals surface area contributed by atoms with Gasteiger partial charge >= 0.3 is 6.09 Å².